The molecular formula is C16H24ClFO4S2. The van der Waals surface area contributed by atoms with Gasteiger partial charge in [0.05, 0.1) is 17.9 Å². The van der Waals surface area contributed by atoms with Gasteiger partial charge in [-0.25, -0.2) is 4.39 Å². The van der Waals surface area contributed by atoms with Crippen LogP contribution in [0.4, 0.5) is 4.39 Å². The lowest BCUT2D eigenvalue weighted by Gasteiger charge is -2.37. The highest BCUT2D eigenvalue weighted by Gasteiger charge is 2.35. The summed E-state index contributed by atoms with van der Waals surface area (Å²) in [5, 5.41) is -0.0407. The Balaban J connectivity index is 2.90. The van der Waals surface area contributed by atoms with Crippen molar-refractivity contribution in [3.63, 3.8) is 0 Å². The molecule has 0 aliphatic rings. The van der Waals surface area contributed by atoms with Crippen molar-refractivity contribution in [3.05, 3.63) is 34.6 Å². The summed E-state index contributed by atoms with van der Waals surface area (Å²) in [5.74, 6) is -0.640. The molecule has 0 aliphatic heterocycles. The number of rotatable bonds is 7. The molecule has 1 unspecified atom stereocenters. The molecule has 0 aromatic heterocycles. The van der Waals surface area contributed by atoms with Crippen LogP contribution in [0.3, 0.4) is 0 Å². The Bertz CT molecular complexity index is 669. The number of halogens is 2. The minimum atomic E-state index is -3.73. The molecule has 1 rings (SSSR count). The monoisotopic (exact) mass is 398 g/mol. The molecule has 0 bridgehead atoms. The molecule has 4 nitrogen and oxygen atoms in total. The zero-order valence-electron chi connectivity index (χ0n) is 14.7. The Hall–Kier alpha value is -0.340. The lowest BCUT2D eigenvalue weighted by molar-refractivity contribution is 0.146. The van der Waals surface area contributed by atoms with Gasteiger partial charge in [-0.05, 0) is 49.0 Å². The molecule has 1 aromatic rings. The van der Waals surface area contributed by atoms with Crippen LogP contribution >= 0.6 is 23.6 Å². The summed E-state index contributed by atoms with van der Waals surface area (Å²) in [5.41, 5.74) is 0.313. The Labute approximate surface area is 153 Å². The van der Waals surface area contributed by atoms with Gasteiger partial charge in [0, 0.05) is 4.75 Å². The fraction of sp³-hybridized carbons (Fsp3) is 0.625. The Kier molecular flexibility index (Phi) is 7.15. The molecule has 0 radical (unpaired) electrons. The van der Waals surface area contributed by atoms with Crippen molar-refractivity contribution < 1.29 is 21.2 Å². The first-order valence-corrected chi connectivity index (χ1v) is 10.3. The van der Waals surface area contributed by atoms with E-state index < -0.39 is 22.0 Å². The second kappa shape index (κ2) is 7.91. The maximum absolute atomic E-state index is 13.7. The topological polar surface area (TPSA) is 52.6 Å². The summed E-state index contributed by atoms with van der Waals surface area (Å²) in [4.78, 5) is 0. The van der Waals surface area contributed by atoms with E-state index in [2.05, 4.69) is 20.8 Å². The molecule has 0 aliphatic carbocycles. The largest absolute Gasteiger partial charge is 0.312 e. The van der Waals surface area contributed by atoms with E-state index >= 15 is 0 Å². The van der Waals surface area contributed by atoms with Gasteiger partial charge in [0.15, 0.2) is 0 Å². The molecular weight excluding hydrogens is 375 g/mol. The Morgan fingerprint density at radius 3 is 2.29 bits per heavy atom. The fourth-order valence-corrected chi connectivity index (χ4v) is 2.91. The highest BCUT2D eigenvalue weighted by molar-refractivity contribution is 7.96. The van der Waals surface area contributed by atoms with E-state index in [9.17, 15) is 12.8 Å². The standard InChI is InChI=1S/C16H24ClFO4S2/c1-15(2,3)16(4,5)23-21-10-14(22-24(6,19)20)11-7-8-12(17)13(18)9-11/h7-9,14H,10H2,1-6H3. The lowest BCUT2D eigenvalue weighted by Crippen LogP contribution is -2.33. The zero-order chi connectivity index (χ0) is 18.8. The van der Waals surface area contributed by atoms with Crippen molar-refractivity contribution >= 4 is 33.8 Å². The third-order valence-corrected chi connectivity index (χ3v) is 6.07. The fourth-order valence-electron chi connectivity index (χ4n) is 1.47. The quantitative estimate of drug-likeness (QED) is 0.478. The van der Waals surface area contributed by atoms with Gasteiger partial charge < -0.3 is 4.18 Å². The van der Waals surface area contributed by atoms with Crippen LogP contribution in [-0.4, -0.2) is 26.0 Å². The van der Waals surface area contributed by atoms with E-state index in [-0.39, 0.29) is 21.8 Å². The van der Waals surface area contributed by atoms with Gasteiger partial charge in [0.2, 0.25) is 0 Å². The van der Waals surface area contributed by atoms with Crippen LogP contribution in [0.2, 0.25) is 5.02 Å². The molecule has 0 saturated heterocycles. The van der Waals surface area contributed by atoms with Gasteiger partial charge in [-0.3, -0.25) is 4.18 Å². The van der Waals surface area contributed by atoms with Crippen molar-refractivity contribution in [1.82, 2.24) is 0 Å². The Morgan fingerprint density at radius 1 is 1.25 bits per heavy atom. The van der Waals surface area contributed by atoms with Gasteiger partial charge >= 0.3 is 0 Å². The minimum absolute atomic E-state index is 0.0305. The summed E-state index contributed by atoms with van der Waals surface area (Å²) >= 11 is 6.91. The van der Waals surface area contributed by atoms with Crippen LogP contribution in [0.1, 0.15) is 46.3 Å². The van der Waals surface area contributed by atoms with Crippen molar-refractivity contribution in [2.75, 3.05) is 12.9 Å². The molecule has 1 aromatic carbocycles. The van der Waals surface area contributed by atoms with Crippen molar-refractivity contribution in [1.29, 1.82) is 0 Å². The predicted octanol–water partition coefficient (Wildman–Crippen LogP) is 4.99. The number of benzene rings is 1. The van der Waals surface area contributed by atoms with Gasteiger partial charge in [-0.2, -0.15) is 8.42 Å². The summed E-state index contributed by atoms with van der Waals surface area (Å²) in [6.45, 7) is 10.3. The van der Waals surface area contributed by atoms with Gasteiger partial charge in [-0.1, -0.05) is 38.4 Å². The molecule has 1 atom stereocenters. The van der Waals surface area contributed by atoms with Crippen LogP contribution in [-0.2, 0) is 18.5 Å². The normalized spacial score (nSPS) is 14.7. The first kappa shape index (κ1) is 21.7. The summed E-state index contributed by atoms with van der Waals surface area (Å²) in [7, 11) is -3.73. The molecule has 138 valence electrons. The third-order valence-electron chi connectivity index (χ3n) is 3.90. The second-order valence-corrected chi connectivity index (χ2v) is 10.5. The first-order chi connectivity index (χ1) is 10.7. The predicted molar refractivity (Wildman–Crippen MR) is 97.2 cm³/mol. The molecule has 24 heavy (non-hydrogen) atoms. The van der Waals surface area contributed by atoms with Crippen LogP contribution in [0, 0.1) is 11.2 Å². The summed E-state index contributed by atoms with van der Waals surface area (Å²) in [6.07, 6.45) is -0.00608. The maximum atomic E-state index is 13.7. The van der Waals surface area contributed by atoms with Crippen molar-refractivity contribution in [3.8, 4) is 0 Å². The van der Waals surface area contributed by atoms with Gasteiger partial charge in [0.25, 0.3) is 10.1 Å². The van der Waals surface area contributed by atoms with Crippen molar-refractivity contribution in [2.45, 2.75) is 45.5 Å². The van der Waals surface area contributed by atoms with E-state index in [0.29, 0.717) is 5.56 Å². The highest BCUT2D eigenvalue weighted by atomic mass is 35.5. The van der Waals surface area contributed by atoms with E-state index in [0.717, 1.165) is 12.3 Å². The van der Waals surface area contributed by atoms with Crippen LogP contribution in [0.15, 0.2) is 18.2 Å². The molecule has 0 saturated carbocycles. The molecule has 0 spiro atoms. The average Bonchev–Trinajstić information content (AvgIpc) is 2.38. The van der Waals surface area contributed by atoms with E-state index in [4.69, 9.17) is 20.0 Å². The van der Waals surface area contributed by atoms with Crippen LogP contribution in [0.25, 0.3) is 0 Å². The minimum Gasteiger partial charge on any atom is -0.312 e. The maximum Gasteiger partial charge on any atom is 0.265 e. The SMILES string of the molecule is CC(C)(C)C(C)(C)SOCC(OS(C)(=O)=O)c1ccc(Cl)c(F)c1. The van der Waals surface area contributed by atoms with Gasteiger partial charge in [0.1, 0.15) is 11.9 Å². The van der Waals surface area contributed by atoms with E-state index in [1.807, 2.05) is 13.8 Å². The van der Waals surface area contributed by atoms with Gasteiger partial charge in [-0.15, -0.1) is 0 Å². The third kappa shape index (κ3) is 6.52. The summed E-state index contributed by atoms with van der Waals surface area (Å²) < 4.78 is 47.1. The van der Waals surface area contributed by atoms with E-state index in [1.54, 1.807) is 0 Å². The molecule has 8 heteroatoms. The Morgan fingerprint density at radius 2 is 1.83 bits per heavy atom. The zero-order valence-corrected chi connectivity index (χ0v) is 17.1. The average molecular weight is 399 g/mol. The molecule has 0 fully saturated rings. The highest BCUT2D eigenvalue weighted by Crippen LogP contribution is 2.42. The molecule has 0 N–H and O–H groups in total. The summed E-state index contributed by atoms with van der Waals surface area (Å²) in [6, 6.07) is 4.03. The van der Waals surface area contributed by atoms with Crippen LogP contribution < -0.4 is 0 Å². The van der Waals surface area contributed by atoms with Crippen molar-refractivity contribution in [2.24, 2.45) is 5.41 Å². The second-order valence-electron chi connectivity index (χ2n) is 7.09. The van der Waals surface area contributed by atoms with E-state index in [1.165, 1.54) is 24.2 Å². The first-order valence-electron chi connectivity index (χ1n) is 7.37. The lowest BCUT2D eigenvalue weighted by atomic mass is 9.83. The number of hydrogen-bond acceptors (Lipinski definition) is 5. The molecule has 0 amide bonds. The number of hydrogen-bond donors (Lipinski definition) is 0. The van der Waals surface area contributed by atoms with Crippen LogP contribution in [0.5, 0.6) is 0 Å². The molecule has 0 heterocycles. The smallest absolute Gasteiger partial charge is 0.265 e.